The minimum atomic E-state index is -0.856. The van der Waals surface area contributed by atoms with E-state index in [9.17, 15) is 9.59 Å². The molecule has 2 atom stereocenters. The average Bonchev–Trinajstić information content (AvgIpc) is 3.44. The lowest BCUT2D eigenvalue weighted by Crippen LogP contribution is -2.43. The highest BCUT2D eigenvalue weighted by atomic mass is 16.2. The zero-order valence-corrected chi connectivity index (χ0v) is 14.7. The van der Waals surface area contributed by atoms with Crippen molar-refractivity contribution in [2.75, 3.05) is 11.9 Å². The Morgan fingerprint density at radius 2 is 2.19 bits per heavy atom. The summed E-state index contributed by atoms with van der Waals surface area (Å²) in [6, 6.07) is 7.19. The van der Waals surface area contributed by atoms with Crippen LogP contribution in [0.25, 0.3) is 0 Å². The maximum atomic E-state index is 13.2. The van der Waals surface area contributed by atoms with Crippen molar-refractivity contribution in [2.24, 2.45) is 7.05 Å². The second-order valence-corrected chi connectivity index (χ2v) is 6.98. The largest absolute Gasteiger partial charge is 0.341 e. The number of nitrogens with zero attached hydrogens (tertiary/aromatic N) is 4. The Balaban J connectivity index is 1.70. The van der Waals surface area contributed by atoms with E-state index in [2.05, 4.69) is 20.3 Å². The number of aromatic nitrogens is 4. The molecule has 0 saturated carbocycles. The molecule has 5 rings (SSSR count). The molecule has 27 heavy (non-hydrogen) atoms. The van der Waals surface area contributed by atoms with Gasteiger partial charge in [-0.3, -0.25) is 9.59 Å². The quantitative estimate of drug-likeness (QED) is 0.724. The molecule has 1 aromatic carbocycles. The standard InChI is InChI=1S/C19H18N6O2/c1-24-9-7-21-16(24)15-19(12-4-2-3-5-13(12)23-18(19)27)6-8-25(15)17(26)14-10-20-11-22-14/h2-5,7,9-11,15H,6,8H2,1H3,(H,20,22)(H,23,27)/t15-,19+/m0/s1. The SMILES string of the molecule is Cn1ccnc1[C@@H]1N(C(=O)c2cnc[nH]2)CC[C@]12C(=O)Nc1ccccc12. The second-order valence-electron chi connectivity index (χ2n) is 6.98. The molecule has 8 heteroatoms. The number of aryl methyl sites for hydroxylation is 1. The Kier molecular flexibility index (Phi) is 3.24. The van der Waals surface area contributed by atoms with Crippen molar-refractivity contribution in [2.45, 2.75) is 17.9 Å². The summed E-state index contributed by atoms with van der Waals surface area (Å²) in [7, 11) is 1.88. The number of anilines is 1. The minimum Gasteiger partial charge on any atom is -0.341 e. The number of fused-ring (bicyclic) bond motifs is 2. The lowest BCUT2D eigenvalue weighted by atomic mass is 9.74. The van der Waals surface area contributed by atoms with Crippen LogP contribution in [0.4, 0.5) is 5.69 Å². The minimum absolute atomic E-state index is 0.0865. The lowest BCUT2D eigenvalue weighted by molar-refractivity contribution is -0.121. The summed E-state index contributed by atoms with van der Waals surface area (Å²) >= 11 is 0. The van der Waals surface area contributed by atoms with Crippen LogP contribution in [0, 0.1) is 0 Å². The van der Waals surface area contributed by atoms with E-state index in [1.165, 1.54) is 12.5 Å². The number of H-pyrrole nitrogens is 1. The number of amides is 2. The maximum absolute atomic E-state index is 13.2. The zero-order valence-electron chi connectivity index (χ0n) is 14.7. The summed E-state index contributed by atoms with van der Waals surface area (Å²) in [5.41, 5.74) is 1.27. The number of likely N-dealkylation sites (tertiary alicyclic amines) is 1. The van der Waals surface area contributed by atoms with Crippen LogP contribution in [0.15, 0.2) is 49.2 Å². The number of hydrogen-bond donors (Lipinski definition) is 2. The third-order valence-electron chi connectivity index (χ3n) is 5.68. The maximum Gasteiger partial charge on any atom is 0.272 e. The van der Waals surface area contributed by atoms with Gasteiger partial charge in [0.05, 0.1) is 12.5 Å². The van der Waals surface area contributed by atoms with Crippen molar-refractivity contribution in [3.8, 4) is 0 Å². The molecule has 1 saturated heterocycles. The Bertz CT molecular complexity index is 1040. The van der Waals surface area contributed by atoms with Gasteiger partial charge in [0.1, 0.15) is 23.0 Å². The molecule has 1 fully saturated rings. The number of imidazole rings is 2. The molecule has 2 amide bonds. The molecule has 0 unspecified atom stereocenters. The fourth-order valence-corrected chi connectivity index (χ4v) is 4.43. The summed E-state index contributed by atoms with van der Waals surface area (Å²) in [6.45, 7) is 0.455. The molecule has 3 aromatic rings. The van der Waals surface area contributed by atoms with Crippen LogP contribution in [0.3, 0.4) is 0 Å². The molecule has 2 N–H and O–H groups in total. The van der Waals surface area contributed by atoms with Gasteiger partial charge in [-0.25, -0.2) is 9.97 Å². The van der Waals surface area contributed by atoms with Crippen molar-refractivity contribution in [1.29, 1.82) is 0 Å². The van der Waals surface area contributed by atoms with E-state index in [0.29, 0.717) is 24.5 Å². The zero-order chi connectivity index (χ0) is 18.6. The van der Waals surface area contributed by atoms with Gasteiger partial charge >= 0.3 is 0 Å². The van der Waals surface area contributed by atoms with Crippen molar-refractivity contribution in [3.63, 3.8) is 0 Å². The van der Waals surface area contributed by atoms with E-state index < -0.39 is 11.5 Å². The molecular formula is C19H18N6O2. The molecule has 2 aliphatic heterocycles. The number of hydrogen-bond acceptors (Lipinski definition) is 4. The van der Waals surface area contributed by atoms with Crippen molar-refractivity contribution < 1.29 is 9.59 Å². The van der Waals surface area contributed by atoms with Gasteiger partial charge < -0.3 is 19.8 Å². The van der Waals surface area contributed by atoms with Crippen molar-refractivity contribution >= 4 is 17.5 Å². The highest BCUT2D eigenvalue weighted by molar-refractivity contribution is 6.08. The molecule has 0 aliphatic carbocycles. The van der Waals surface area contributed by atoms with Gasteiger partial charge in [-0.1, -0.05) is 18.2 Å². The van der Waals surface area contributed by atoms with E-state index >= 15 is 0 Å². The van der Waals surface area contributed by atoms with Crippen LogP contribution < -0.4 is 5.32 Å². The van der Waals surface area contributed by atoms with Gasteiger partial charge in [0.25, 0.3) is 5.91 Å². The molecule has 2 aromatic heterocycles. The average molecular weight is 362 g/mol. The second kappa shape index (κ2) is 5.54. The third kappa shape index (κ3) is 2.03. The number of aromatic amines is 1. The summed E-state index contributed by atoms with van der Waals surface area (Å²) < 4.78 is 1.87. The van der Waals surface area contributed by atoms with E-state index in [0.717, 1.165) is 11.3 Å². The van der Waals surface area contributed by atoms with E-state index in [-0.39, 0.29) is 11.8 Å². The smallest absolute Gasteiger partial charge is 0.272 e. The van der Waals surface area contributed by atoms with Gasteiger partial charge in [0.2, 0.25) is 5.91 Å². The summed E-state index contributed by atoms with van der Waals surface area (Å²) in [5, 5.41) is 3.00. The molecule has 8 nitrogen and oxygen atoms in total. The third-order valence-corrected chi connectivity index (χ3v) is 5.68. The first kappa shape index (κ1) is 15.8. The molecule has 2 aliphatic rings. The normalized spacial score (nSPS) is 23.7. The van der Waals surface area contributed by atoms with Crippen LogP contribution in [0.2, 0.25) is 0 Å². The lowest BCUT2D eigenvalue weighted by Gasteiger charge is -2.33. The van der Waals surface area contributed by atoms with Gasteiger partial charge in [0.15, 0.2) is 0 Å². The van der Waals surface area contributed by atoms with Crippen LogP contribution in [0.1, 0.15) is 34.3 Å². The summed E-state index contributed by atoms with van der Waals surface area (Å²) in [6.07, 6.45) is 7.04. The van der Waals surface area contributed by atoms with Gasteiger partial charge in [-0.2, -0.15) is 0 Å². The fourth-order valence-electron chi connectivity index (χ4n) is 4.43. The summed E-state index contributed by atoms with van der Waals surface area (Å²) in [5.74, 6) is 0.415. The van der Waals surface area contributed by atoms with Gasteiger partial charge in [-0.15, -0.1) is 0 Å². The van der Waals surface area contributed by atoms with Crippen LogP contribution in [-0.2, 0) is 17.3 Å². The first-order valence-electron chi connectivity index (χ1n) is 8.80. The fraction of sp³-hybridized carbons (Fsp3) is 0.263. The van der Waals surface area contributed by atoms with Crippen LogP contribution >= 0.6 is 0 Å². The number of carbonyl (C=O) groups excluding carboxylic acids is 2. The Hall–Kier alpha value is -3.42. The predicted molar refractivity (Wildman–Crippen MR) is 96.9 cm³/mol. The number of nitrogens with one attached hydrogen (secondary N) is 2. The Morgan fingerprint density at radius 3 is 2.93 bits per heavy atom. The monoisotopic (exact) mass is 362 g/mol. The molecule has 136 valence electrons. The van der Waals surface area contributed by atoms with Crippen molar-refractivity contribution in [3.05, 3.63) is 66.3 Å². The Morgan fingerprint density at radius 1 is 1.33 bits per heavy atom. The number of rotatable bonds is 2. The van der Waals surface area contributed by atoms with E-state index in [4.69, 9.17) is 0 Å². The number of benzene rings is 1. The van der Waals surface area contributed by atoms with Gasteiger partial charge in [0, 0.05) is 31.7 Å². The molecular weight excluding hydrogens is 344 g/mol. The molecule has 1 spiro atoms. The van der Waals surface area contributed by atoms with Crippen molar-refractivity contribution in [1.82, 2.24) is 24.4 Å². The molecule has 0 bridgehead atoms. The predicted octanol–water partition coefficient (Wildman–Crippen LogP) is 1.62. The highest BCUT2D eigenvalue weighted by Crippen LogP contribution is 2.54. The van der Waals surface area contributed by atoms with Crippen LogP contribution in [0.5, 0.6) is 0 Å². The number of carbonyl (C=O) groups is 2. The molecule has 4 heterocycles. The topological polar surface area (TPSA) is 95.9 Å². The first-order chi connectivity index (χ1) is 13.1. The van der Waals surface area contributed by atoms with Crippen LogP contribution in [-0.4, -0.2) is 42.8 Å². The van der Waals surface area contributed by atoms with Gasteiger partial charge in [-0.05, 0) is 18.1 Å². The van der Waals surface area contributed by atoms with E-state index in [1.54, 1.807) is 11.1 Å². The van der Waals surface area contributed by atoms with E-state index in [1.807, 2.05) is 42.1 Å². The molecule has 0 radical (unpaired) electrons. The Labute approximate surface area is 155 Å². The number of para-hydroxylation sites is 1. The summed E-state index contributed by atoms with van der Waals surface area (Å²) in [4.78, 5) is 39.5. The first-order valence-corrected chi connectivity index (χ1v) is 8.80. The highest BCUT2D eigenvalue weighted by Gasteiger charge is 2.60.